The van der Waals surface area contributed by atoms with Crippen LogP contribution in [0.5, 0.6) is 0 Å². The molecule has 0 aromatic rings. The van der Waals surface area contributed by atoms with E-state index in [1.54, 1.807) is 13.3 Å². The Labute approximate surface area is 85.0 Å². The first kappa shape index (κ1) is 14.8. The Morgan fingerprint density at radius 2 is 1.00 bits per heavy atom. The van der Waals surface area contributed by atoms with Gasteiger partial charge in [-0.25, -0.2) is 0 Å². The van der Waals surface area contributed by atoms with Gasteiger partial charge in [-0.05, 0) is 0 Å². The van der Waals surface area contributed by atoms with Gasteiger partial charge in [0.05, 0.1) is 0 Å². The fourth-order valence-electron chi connectivity index (χ4n) is 0.750. The summed E-state index contributed by atoms with van der Waals surface area (Å²) in [6.07, 6.45) is 0. The van der Waals surface area contributed by atoms with Crippen LogP contribution in [0, 0.1) is 0 Å². The van der Waals surface area contributed by atoms with Gasteiger partial charge in [0.25, 0.3) is 0 Å². The number of hydrogen-bond acceptors (Lipinski definition) is 0. The molecule has 0 saturated carbocycles. The maximum absolute atomic E-state index is 2.35. The standard InChI is InChI=1S/C3H9Ge.3C2H5.Sn/c1-4(2)3;3*1-2;/h1-3H3;3*1H2,2H3;. The van der Waals surface area contributed by atoms with Crippen LogP contribution >= 0.6 is 0 Å². The van der Waals surface area contributed by atoms with Crippen molar-refractivity contribution in [2.24, 2.45) is 0 Å². The van der Waals surface area contributed by atoms with E-state index in [1.165, 1.54) is 0 Å². The first-order valence-electron chi connectivity index (χ1n) is 4.68. The van der Waals surface area contributed by atoms with Gasteiger partial charge < -0.3 is 0 Å². The van der Waals surface area contributed by atoms with Crippen LogP contribution in [0.3, 0.4) is 0 Å². The van der Waals surface area contributed by atoms with E-state index in [9.17, 15) is 0 Å². The van der Waals surface area contributed by atoms with E-state index in [-0.39, 0.29) is 14.3 Å². The molecule has 0 fully saturated rings. The zero-order valence-electron chi connectivity index (χ0n) is 9.12. The first-order chi connectivity index (χ1) is 5.08. The summed E-state index contributed by atoms with van der Waals surface area (Å²) >= 11 is -0.986. The summed E-state index contributed by atoms with van der Waals surface area (Å²) in [4.78, 5) is 0. The second kappa shape index (κ2) is 11.3. The predicted molar refractivity (Wildman–Crippen MR) is 60.5 cm³/mol. The molecule has 0 aliphatic carbocycles. The third-order valence-electron chi connectivity index (χ3n) is 1.50. The van der Waals surface area contributed by atoms with Crippen LogP contribution in [-0.2, 0) is 0 Å². The van der Waals surface area contributed by atoms with Crippen LogP contribution < -0.4 is 0 Å². The molecule has 0 heterocycles. The van der Waals surface area contributed by atoms with E-state index in [0.29, 0.717) is 0 Å². The van der Waals surface area contributed by atoms with Crippen LogP contribution in [0.4, 0.5) is 0 Å². The van der Waals surface area contributed by atoms with Gasteiger partial charge in [-0.15, -0.1) is 0 Å². The third-order valence-corrected chi connectivity index (χ3v) is 10.1. The van der Waals surface area contributed by atoms with E-state index >= 15 is 0 Å². The van der Waals surface area contributed by atoms with Gasteiger partial charge in [0.1, 0.15) is 0 Å². The second-order valence-corrected chi connectivity index (χ2v) is 19.9. The van der Waals surface area contributed by atoms with Crippen molar-refractivity contribution < 1.29 is 0 Å². The van der Waals surface area contributed by atoms with Crippen LogP contribution in [0.1, 0.15) is 20.8 Å². The number of rotatable bonds is 3. The molecular weight excluding hydrogens is 299 g/mol. The molecule has 11 heavy (non-hydrogen) atoms. The molecule has 2 radical (unpaired) electrons. The molecule has 0 aliphatic rings. The third kappa shape index (κ3) is 18.4. The van der Waals surface area contributed by atoms with Crippen molar-refractivity contribution in [2.75, 3.05) is 0 Å². The average Bonchev–Trinajstić information content (AvgIpc) is 1.90. The van der Waals surface area contributed by atoms with Crippen molar-refractivity contribution in [3.05, 3.63) is 0 Å². The molecule has 0 aliphatic heterocycles. The zero-order chi connectivity index (χ0) is 9.28. The minimum atomic E-state index is -0.653. The summed E-state index contributed by atoms with van der Waals surface area (Å²) in [6.45, 7) is 7.05. The summed E-state index contributed by atoms with van der Waals surface area (Å²) in [6, 6.07) is 0. The normalized spacial score (nSPS) is 9.82. The quantitative estimate of drug-likeness (QED) is 0.691. The second-order valence-electron chi connectivity index (χ2n) is 3.31. The Morgan fingerprint density at radius 3 is 1.00 bits per heavy atom. The molecule has 0 aromatic carbocycles. The average molecular weight is 324 g/mol. The molecule has 2 heteroatoms. The molecule has 0 saturated heterocycles. The zero-order valence-corrected chi connectivity index (χ0v) is 14.1. The number of hydrogen-bond donors (Lipinski definition) is 0. The van der Waals surface area contributed by atoms with Gasteiger partial charge in [0, 0.05) is 0 Å². The van der Waals surface area contributed by atoms with E-state index < -0.39 is 19.8 Å². The minimum absolute atomic E-state index is 0.333. The molecule has 0 aromatic heterocycles. The Balaban J connectivity index is 0. The summed E-state index contributed by atoms with van der Waals surface area (Å²) in [5.41, 5.74) is 0. The molecule has 0 N–H and O–H groups in total. The molecule has 0 atom stereocenters. The van der Waals surface area contributed by atoms with Crippen LogP contribution in [0.2, 0.25) is 30.6 Å². The maximum atomic E-state index is 2.35. The van der Waals surface area contributed by atoms with E-state index in [0.717, 1.165) is 0 Å². The Hall–Kier alpha value is 1.34. The van der Waals surface area contributed by atoms with E-state index in [1.807, 2.05) is 0 Å². The van der Waals surface area contributed by atoms with Crippen molar-refractivity contribution in [3.63, 3.8) is 0 Å². The van der Waals surface area contributed by atoms with Crippen molar-refractivity contribution in [1.29, 1.82) is 0 Å². The van der Waals surface area contributed by atoms with Crippen molar-refractivity contribution >= 4 is 34.1 Å². The van der Waals surface area contributed by atoms with E-state index in [2.05, 4.69) is 38.0 Å². The van der Waals surface area contributed by atoms with Gasteiger partial charge >= 0.3 is 85.5 Å². The van der Waals surface area contributed by atoms with Gasteiger partial charge in [0.15, 0.2) is 0 Å². The van der Waals surface area contributed by atoms with Crippen LogP contribution in [0.15, 0.2) is 0 Å². The summed E-state index contributed by atoms with van der Waals surface area (Å²) in [5.74, 6) is 7.00. The van der Waals surface area contributed by atoms with Crippen molar-refractivity contribution in [2.45, 2.75) is 51.4 Å². The topological polar surface area (TPSA) is 0 Å². The molecule has 0 unspecified atom stereocenters. The van der Waals surface area contributed by atoms with Gasteiger partial charge in [-0.3, -0.25) is 0 Å². The van der Waals surface area contributed by atoms with Gasteiger partial charge in [0.2, 0.25) is 0 Å². The van der Waals surface area contributed by atoms with E-state index in [4.69, 9.17) is 0 Å². The fourth-order valence-corrected chi connectivity index (χ4v) is 5.03. The van der Waals surface area contributed by atoms with Crippen molar-refractivity contribution in [1.82, 2.24) is 0 Å². The Kier molecular flexibility index (Phi) is 15.3. The molecule has 0 spiro atoms. The SMILES string of the molecule is C[CH2][Sn]([CH2]C)[CH2]C.[CH3][Ge]([CH3])[CH3]. The monoisotopic (exact) mass is 326 g/mol. The van der Waals surface area contributed by atoms with Gasteiger partial charge in [-0.2, -0.15) is 0 Å². The predicted octanol–water partition coefficient (Wildman–Crippen LogP) is 3.91. The van der Waals surface area contributed by atoms with Crippen LogP contribution in [0.25, 0.3) is 0 Å². The summed E-state index contributed by atoms with van der Waals surface area (Å²) < 4.78 is 4.65. The molecule has 0 bridgehead atoms. The molecule has 0 amide bonds. The molecule has 0 rings (SSSR count). The summed E-state index contributed by atoms with van der Waals surface area (Å²) in [5, 5.41) is 0. The molecule has 68 valence electrons. The first-order valence-corrected chi connectivity index (χ1v) is 17.0. The Morgan fingerprint density at radius 1 is 0.818 bits per heavy atom. The molecular formula is C9H24GeSn. The Bertz CT molecular complexity index is 52.3. The fraction of sp³-hybridized carbons (Fsp3) is 1.00. The summed E-state index contributed by atoms with van der Waals surface area (Å²) in [7, 11) is 0. The van der Waals surface area contributed by atoms with Gasteiger partial charge in [-0.1, -0.05) is 0 Å². The van der Waals surface area contributed by atoms with Crippen LogP contribution in [-0.4, -0.2) is 34.1 Å². The van der Waals surface area contributed by atoms with Crippen molar-refractivity contribution in [3.8, 4) is 0 Å². The molecule has 0 nitrogen and oxygen atoms in total.